The molecule has 20 heavy (non-hydrogen) atoms. The average Bonchev–Trinajstić information content (AvgIpc) is 2.77. The van der Waals surface area contributed by atoms with E-state index in [0.29, 0.717) is 5.56 Å². The van der Waals surface area contributed by atoms with Crippen molar-refractivity contribution in [2.45, 2.75) is 30.7 Å². The largest absolute Gasteiger partial charge is 0.480 e. The molecule has 3 N–H and O–H groups in total. The van der Waals surface area contributed by atoms with Gasteiger partial charge in [0.15, 0.2) is 0 Å². The van der Waals surface area contributed by atoms with Crippen LogP contribution in [0.4, 0.5) is 0 Å². The summed E-state index contributed by atoms with van der Waals surface area (Å²) < 4.78 is 26.3. The number of hydrogen-bond donors (Lipinski definition) is 2. The first-order valence-corrected chi connectivity index (χ1v) is 7.70. The van der Waals surface area contributed by atoms with Gasteiger partial charge in [-0.3, -0.25) is 4.79 Å². The molecule has 1 saturated heterocycles. The maximum absolute atomic E-state index is 12.6. The first kappa shape index (κ1) is 15.0. The number of sulfonamides is 1. The molecule has 0 radical (unpaired) electrons. The highest BCUT2D eigenvalue weighted by atomic mass is 32.2. The van der Waals surface area contributed by atoms with E-state index in [-0.39, 0.29) is 24.4 Å². The van der Waals surface area contributed by atoms with E-state index in [1.165, 1.54) is 0 Å². The topological polar surface area (TPSA) is 101 Å². The first-order chi connectivity index (χ1) is 9.17. The third-order valence-corrected chi connectivity index (χ3v) is 5.64. The fraction of sp³-hybridized carbons (Fsp3) is 0.462. The van der Waals surface area contributed by atoms with Crippen molar-refractivity contribution in [1.82, 2.24) is 4.31 Å². The molecule has 1 aliphatic rings. The summed E-state index contributed by atoms with van der Waals surface area (Å²) in [4.78, 5) is 11.3. The van der Waals surface area contributed by atoms with Crippen molar-refractivity contribution in [1.29, 1.82) is 0 Å². The Balaban J connectivity index is 2.38. The molecule has 0 aromatic heterocycles. The molecule has 0 bridgehead atoms. The highest BCUT2D eigenvalue weighted by molar-refractivity contribution is 7.89. The molecule has 2 rings (SSSR count). The minimum atomic E-state index is -3.71. The summed E-state index contributed by atoms with van der Waals surface area (Å²) in [6, 6.07) is 5.18. The molecule has 1 aliphatic heterocycles. The molecule has 6 nitrogen and oxygen atoms in total. The van der Waals surface area contributed by atoms with Crippen molar-refractivity contribution >= 4 is 16.0 Å². The van der Waals surface area contributed by atoms with Crippen LogP contribution in [0.25, 0.3) is 0 Å². The predicted octanol–water partition coefficient (Wildman–Crippen LogP) is 0.480. The first-order valence-electron chi connectivity index (χ1n) is 6.26. The summed E-state index contributed by atoms with van der Waals surface area (Å²) in [6.07, 6.45) is 0.117. The normalized spacial score (nSPS) is 23.9. The van der Waals surface area contributed by atoms with Crippen molar-refractivity contribution in [3.8, 4) is 0 Å². The zero-order valence-electron chi connectivity index (χ0n) is 11.5. The molecule has 0 amide bonds. The van der Waals surface area contributed by atoms with Gasteiger partial charge in [0.05, 0.1) is 4.90 Å². The van der Waals surface area contributed by atoms with Gasteiger partial charge in [0.1, 0.15) is 5.54 Å². The van der Waals surface area contributed by atoms with Crippen LogP contribution in [0.5, 0.6) is 0 Å². The summed E-state index contributed by atoms with van der Waals surface area (Å²) in [6.45, 7) is 3.46. The summed E-state index contributed by atoms with van der Waals surface area (Å²) in [5, 5.41) is 9.08. The Labute approximate surface area is 118 Å². The van der Waals surface area contributed by atoms with Gasteiger partial charge in [-0.2, -0.15) is 4.31 Å². The third kappa shape index (κ3) is 2.44. The lowest BCUT2D eigenvalue weighted by Gasteiger charge is -2.21. The van der Waals surface area contributed by atoms with Crippen LogP contribution in [0.1, 0.15) is 17.5 Å². The third-order valence-electron chi connectivity index (χ3n) is 3.65. The van der Waals surface area contributed by atoms with Crippen molar-refractivity contribution in [2.24, 2.45) is 5.73 Å². The van der Waals surface area contributed by atoms with Gasteiger partial charge in [-0.15, -0.1) is 0 Å². The van der Waals surface area contributed by atoms with Crippen LogP contribution < -0.4 is 5.73 Å². The Bertz CT molecular complexity index is 656. The standard InChI is InChI=1S/C13H18N2O4S/c1-9-3-4-10(2)11(7-9)20(18,19)15-6-5-13(14,8-15)12(16)17/h3-4,7H,5-6,8,14H2,1-2H3,(H,16,17). The number of benzene rings is 1. The van der Waals surface area contributed by atoms with Gasteiger partial charge in [-0.1, -0.05) is 12.1 Å². The zero-order chi connectivity index (χ0) is 15.1. The lowest BCUT2D eigenvalue weighted by Crippen LogP contribution is -2.50. The Kier molecular flexibility index (Phi) is 3.62. The summed E-state index contributed by atoms with van der Waals surface area (Å²) in [5.74, 6) is -1.17. The smallest absolute Gasteiger partial charge is 0.325 e. The predicted molar refractivity (Wildman–Crippen MR) is 73.8 cm³/mol. The Morgan fingerprint density at radius 3 is 2.60 bits per heavy atom. The summed E-state index contributed by atoms with van der Waals surface area (Å²) >= 11 is 0. The number of aryl methyl sites for hydroxylation is 2. The lowest BCUT2D eigenvalue weighted by atomic mass is 10.0. The summed E-state index contributed by atoms with van der Waals surface area (Å²) in [7, 11) is -3.71. The van der Waals surface area contributed by atoms with Crippen LogP contribution in [0, 0.1) is 13.8 Å². The maximum Gasteiger partial charge on any atom is 0.325 e. The quantitative estimate of drug-likeness (QED) is 0.845. The fourth-order valence-electron chi connectivity index (χ4n) is 2.30. The highest BCUT2D eigenvalue weighted by Gasteiger charge is 2.45. The van der Waals surface area contributed by atoms with Gasteiger partial charge in [0, 0.05) is 13.1 Å². The molecule has 1 fully saturated rings. The molecule has 1 heterocycles. The van der Waals surface area contributed by atoms with E-state index in [2.05, 4.69) is 0 Å². The van der Waals surface area contributed by atoms with E-state index >= 15 is 0 Å². The van der Waals surface area contributed by atoms with Gasteiger partial charge in [0.2, 0.25) is 10.0 Å². The second-order valence-electron chi connectivity index (χ2n) is 5.32. The molecule has 0 aliphatic carbocycles. The number of hydrogen-bond acceptors (Lipinski definition) is 4. The molecule has 1 aromatic carbocycles. The molecular formula is C13H18N2O4S. The second kappa shape index (κ2) is 4.83. The van der Waals surface area contributed by atoms with Crippen molar-refractivity contribution < 1.29 is 18.3 Å². The SMILES string of the molecule is Cc1ccc(C)c(S(=O)(=O)N2CCC(N)(C(=O)O)C2)c1. The zero-order valence-corrected chi connectivity index (χ0v) is 12.3. The van der Waals surface area contributed by atoms with E-state index in [1.54, 1.807) is 19.1 Å². The van der Waals surface area contributed by atoms with Crippen LogP contribution in [-0.4, -0.2) is 42.4 Å². The van der Waals surface area contributed by atoms with E-state index in [1.807, 2.05) is 13.0 Å². The minimum Gasteiger partial charge on any atom is -0.480 e. The molecule has 1 unspecified atom stereocenters. The van der Waals surface area contributed by atoms with Crippen LogP contribution in [-0.2, 0) is 14.8 Å². The Morgan fingerprint density at radius 1 is 1.40 bits per heavy atom. The number of carboxylic acids is 1. The van der Waals surface area contributed by atoms with Gasteiger partial charge >= 0.3 is 5.97 Å². The average molecular weight is 298 g/mol. The van der Waals surface area contributed by atoms with Gasteiger partial charge in [-0.05, 0) is 37.5 Å². The molecule has 1 atom stereocenters. The van der Waals surface area contributed by atoms with Gasteiger partial charge < -0.3 is 10.8 Å². The second-order valence-corrected chi connectivity index (χ2v) is 7.23. The summed E-state index contributed by atoms with van der Waals surface area (Å²) in [5.41, 5.74) is 5.71. The van der Waals surface area contributed by atoms with E-state index in [9.17, 15) is 13.2 Å². The number of rotatable bonds is 3. The molecule has 7 heteroatoms. The monoisotopic (exact) mass is 298 g/mol. The van der Waals surface area contributed by atoms with E-state index in [0.717, 1.165) is 9.87 Å². The van der Waals surface area contributed by atoms with Crippen molar-refractivity contribution in [3.05, 3.63) is 29.3 Å². The van der Waals surface area contributed by atoms with Crippen molar-refractivity contribution in [3.63, 3.8) is 0 Å². The van der Waals surface area contributed by atoms with E-state index in [4.69, 9.17) is 10.8 Å². The highest BCUT2D eigenvalue weighted by Crippen LogP contribution is 2.28. The lowest BCUT2D eigenvalue weighted by molar-refractivity contribution is -0.142. The van der Waals surface area contributed by atoms with Gasteiger partial charge in [-0.25, -0.2) is 8.42 Å². The molecular weight excluding hydrogens is 280 g/mol. The number of carboxylic acid groups (broad SMARTS) is 1. The number of aliphatic carboxylic acids is 1. The molecule has 0 spiro atoms. The van der Waals surface area contributed by atoms with Crippen LogP contribution in [0.3, 0.4) is 0 Å². The molecule has 110 valence electrons. The van der Waals surface area contributed by atoms with E-state index < -0.39 is 21.5 Å². The Morgan fingerprint density at radius 2 is 2.05 bits per heavy atom. The maximum atomic E-state index is 12.6. The van der Waals surface area contributed by atoms with Crippen LogP contribution in [0.15, 0.2) is 23.1 Å². The number of carbonyl (C=O) groups is 1. The van der Waals surface area contributed by atoms with Crippen LogP contribution >= 0.6 is 0 Å². The fourth-order valence-corrected chi connectivity index (χ4v) is 4.12. The van der Waals surface area contributed by atoms with Crippen molar-refractivity contribution in [2.75, 3.05) is 13.1 Å². The number of nitrogens with two attached hydrogens (primary N) is 1. The van der Waals surface area contributed by atoms with Crippen LogP contribution in [0.2, 0.25) is 0 Å². The number of nitrogens with zero attached hydrogens (tertiary/aromatic N) is 1. The Hall–Kier alpha value is -1.44. The molecule has 1 aromatic rings. The van der Waals surface area contributed by atoms with Gasteiger partial charge in [0.25, 0.3) is 0 Å². The minimum absolute atomic E-state index is 0.117. The molecule has 0 saturated carbocycles.